The number of hydrogen-bond donors (Lipinski definition) is 0. The van der Waals surface area contributed by atoms with Crippen LogP contribution in [0.1, 0.15) is 0 Å². The van der Waals surface area contributed by atoms with Crippen LogP contribution < -0.4 is 0 Å². The zero-order chi connectivity index (χ0) is 5.86. The van der Waals surface area contributed by atoms with Gasteiger partial charge in [0.25, 0.3) is 5.24 Å². The Bertz CT molecular complexity index is 99.1. The fourth-order valence-electron chi connectivity index (χ4n) is 0.0525. The fraction of sp³-hybridized carbons (Fsp3) is 0.333. The second kappa shape index (κ2) is 2.99. The average molecular weight is 141 g/mol. The minimum atomic E-state index is -1.00. The quantitative estimate of drug-likeness (QED) is 0.320. The van der Waals surface area contributed by atoms with Crippen molar-refractivity contribution in [2.75, 3.05) is 5.88 Å². The van der Waals surface area contributed by atoms with E-state index in [-0.39, 0.29) is 5.88 Å². The second-order valence-electron chi connectivity index (χ2n) is 0.831. The van der Waals surface area contributed by atoms with E-state index in [4.69, 9.17) is 11.6 Å². The third-order valence-corrected chi connectivity index (χ3v) is 0.794. The third-order valence-electron chi connectivity index (χ3n) is 0.341. The van der Waals surface area contributed by atoms with Crippen molar-refractivity contribution in [2.45, 2.75) is 0 Å². The Morgan fingerprint density at radius 1 is 1.43 bits per heavy atom. The number of ketones is 1. The van der Waals surface area contributed by atoms with Crippen LogP contribution in [-0.4, -0.2) is 16.9 Å². The van der Waals surface area contributed by atoms with Gasteiger partial charge >= 0.3 is 0 Å². The van der Waals surface area contributed by atoms with Gasteiger partial charge in [-0.1, -0.05) is 0 Å². The number of carbonyl (C=O) groups is 2. The molecule has 0 heterocycles. The van der Waals surface area contributed by atoms with Crippen LogP contribution in [0, 0.1) is 0 Å². The lowest BCUT2D eigenvalue weighted by molar-refractivity contribution is -0.130. The topological polar surface area (TPSA) is 34.1 Å². The largest absolute Gasteiger partial charge is 0.289 e. The average Bonchev–Trinajstić information content (AvgIpc) is 1.65. The Morgan fingerprint density at radius 2 is 1.86 bits per heavy atom. The highest BCUT2D eigenvalue weighted by molar-refractivity contribution is 6.82. The molecule has 0 fully saturated rings. The van der Waals surface area contributed by atoms with Gasteiger partial charge in [-0.2, -0.15) is 0 Å². The number of halogens is 2. The van der Waals surface area contributed by atoms with E-state index < -0.39 is 11.0 Å². The molecule has 0 atom stereocenters. The molecule has 0 aromatic rings. The molecule has 0 aromatic carbocycles. The van der Waals surface area contributed by atoms with Gasteiger partial charge in [-0.3, -0.25) is 9.59 Å². The van der Waals surface area contributed by atoms with Crippen molar-refractivity contribution < 1.29 is 9.59 Å². The van der Waals surface area contributed by atoms with E-state index in [2.05, 4.69) is 11.6 Å². The summed E-state index contributed by atoms with van der Waals surface area (Å²) in [7, 11) is 0. The molecule has 0 bridgehead atoms. The van der Waals surface area contributed by atoms with Crippen LogP contribution in [-0.2, 0) is 9.59 Å². The maximum absolute atomic E-state index is 9.90. The summed E-state index contributed by atoms with van der Waals surface area (Å²) in [5.74, 6) is -1.09. The molecule has 0 aromatic heterocycles. The summed E-state index contributed by atoms with van der Waals surface area (Å²) in [5, 5.41) is -1.00. The summed E-state index contributed by atoms with van der Waals surface area (Å²) < 4.78 is 0. The fourth-order valence-corrected chi connectivity index (χ4v) is 0.309. The predicted molar refractivity (Wildman–Crippen MR) is 26.6 cm³/mol. The second-order valence-corrected chi connectivity index (χ2v) is 1.44. The molecule has 0 spiro atoms. The van der Waals surface area contributed by atoms with Gasteiger partial charge in [0.05, 0.1) is 5.88 Å². The molecule has 0 amide bonds. The molecule has 0 saturated heterocycles. The third kappa shape index (κ3) is 2.60. The van der Waals surface area contributed by atoms with Crippen molar-refractivity contribution in [3.8, 4) is 0 Å². The van der Waals surface area contributed by atoms with E-state index in [1.54, 1.807) is 0 Å². The molecule has 0 aliphatic rings. The molecule has 2 nitrogen and oxygen atoms in total. The van der Waals surface area contributed by atoms with Crippen LogP contribution in [0.3, 0.4) is 0 Å². The summed E-state index contributed by atoms with van der Waals surface area (Å²) >= 11 is 9.55. The standard InChI is InChI=1S/C3H2Cl2O2/c4-1-2(6)3(5)7/h1H2. The highest BCUT2D eigenvalue weighted by Gasteiger charge is 2.05. The highest BCUT2D eigenvalue weighted by atomic mass is 35.5. The van der Waals surface area contributed by atoms with Crippen LogP contribution in [0.4, 0.5) is 0 Å². The molecule has 0 aliphatic heterocycles. The molecular weight excluding hydrogens is 139 g/mol. The maximum Gasteiger partial charge on any atom is 0.289 e. The van der Waals surface area contributed by atoms with Crippen LogP contribution in [0.2, 0.25) is 0 Å². The van der Waals surface area contributed by atoms with Gasteiger partial charge in [0, 0.05) is 0 Å². The first-order valence-electron chi connectivity index (χ1n) is 1.47. The number of hydrogen-bond acceptors (Lipinski definition) is 2. The smallest absolute Gasteiger partial charge is 0.288 e. The Balaban J connectivity index is 3.58. The lowest BCUT2D eigenvalue weighted by atomic mass is 10.5. The van der Waals surface area contributed by atoms with E-state index in [1.165, 1.54) is 0 Å². The van der Waals surface area contributed by atoms with E-state index >= 15 is 0 Å². The van der Waals surface area contributed by atoms with Crippen molar-refractivity contribution in [3.05, 3.63) is 0 Å². The van der Waals surface area contributed by atoms with E-state index in [1.807, 2.05) is 0 Å². The van der Waals surface area contributed by atoms with E-state index in [0.29, 0.717) is 0 Å². The van der Waals surface area contributed by atoms with Crippen molar-refractivity contribution in [2.24, 2.45) is 0 Å². The lowest BCUT2D eigenvalue weighted by Gasteiger charge is -1.77. The van der Waals surface area contributed by atoms with E-state index in [9.17, 15) is 9.59 Å². The number of rotatable bonds is 2. The molecule has 40 valence electrons. The van der Waals surface area contributed by atoms with Crippen LogP contribution in [0.5, 0.6) is 0 Å². The Morgan fingerprint density at radius 3 is 1.86 bits per heavy atom. The first-order valence-corrected chi connectivity index (χ1v) is 2.38. The van der Waals surface area contributed by atoms with Gasteiger partial charge < -0.3 is 0 Å². The van der Waals surface area contributed by atoms with Crippen molar-refractivity contribution in [1.82, 2.24) is 0 Å². The van der Waals surface area contributed by atoms with Gasteiger partial charge in [-0.05, 0) is 11.6 Å². The summed E-state index contributed by atoms with van der Waals surface area (Å²) in [6.07, 6.45) is 0. The van der Waals surface area contributed by atoms with Gasteiger partial charge in [-0.25, -0.2) is 0 Å². The predicted octanol–water partition coefficient (Wildman–Crippen LogP) is 0.560. The van der Waals surface area contributed by atoms with Gasteiger partial charge in [0.2, 0.25) is 5.78 Å². The zero-order valence-corrected chi connectivity index (χ0v) is 4.79. The number of alkyl halides is 1. The Labute approximate surface area is 50.4 Å². The van der Waals surface area contributed by atoms with Gasteiger partial charge in [0.1, 0.15) is 0 Å². The molecule has 0 aliphatic carbocycles. The molecule has 7 heavy (non-hydrogen) atoms. The molecular formula is C3H2Cl2O2. The first kappa shape index (κ1) is 6.92. The Hall–Kier alpha value is -0.0800. The summed E-state index contributed by atoms with van der Waals surface area (Å²) in [6.45, 7) is 0. The summed E-state index contributed by atoms with van der Waals surface area (Å²) in [6, 6.07) is 0. The molecule has 0 rings (SSSR count). The first-order chi connectivity index (χ1) is 3.18. The van der Waals surface area contributed by atoms with Crippen molar-refractivity contribution in [3.63, 3.8) is 0 Å². The Kier molecular flexibility index (Phi) is 2.96. The molecule has 0 saturated carbocycles. The van der Waals surface area contributed by atoms with Crippen molar-refractivity contribution >= 4 is 34.2 Å². The zero-order valence-electron chi connectivity index (χ0n) is 3.28. The normalized spacial score (nSPS) is 8.29. The molecule has 0 N–H and O–H groups in total. The summed E-state index contributed by atoms with van der Waals surface area (Å²) in [5.41, 5.74) is 0. The minimum Gasteiger partial charge on any atom is -0.288 e. The number of carbonyl (C=O) groups excluding carboxylic acids is 2. The summed E-state index contributed by atoms with van der Waals surface area (Å²) in [4.78, 5) is 19.6. The van der Waals surface area contributed by atoms with Gasteiger partial charge in [0.15, 0.2) is 0 Å². The molecule has 4 heteroatoms. The van der Waals surface area contributed by atoms with Crippen LogP contribution in [0.25, 0.3) is 0 Å². The van der Waals surface area contributed by atoms with Crippen molar-refractivity contribution in [1.29, 1.82) is 0 Å². The lowest BCUT2D eigenvalue weighted by Crippen LogP contribution is -2.06. The number of Topliss-reactive ketones (excluding diaryl/α,β-unsaturated/α-hetero) is 1. The van der Waals surface area contributed by atoms with Crippen LogP contribution in [0.15, 0.2) is 0 Å². The van der Waals surface area contributed by atoms with Gasteiger partial charge in [-0.15, -0.1) is 11.6 Å². The monoisotopic (exact) mass is 140 g/mol. The highest BCUT2D eigenvalue weighted by Crippen LogP contribution is 1.84. The van der Waals surface area contributed by atoms with E-state index in [0.717, 1.165) is 0 Å². The van der Waals surface area contributed by atoms with Crippen LogP contribution >= 0.6 is 23.2 Å². The minimum absolute atomic E-state index is 0.331. The molecule has 0 unspecified atom stereocenters. The maximum atomic E-state index is 9.90. The SMILES string of the molecule is O=C(Cl)C(=O)CCl. The molecule has 0 radical (unpaired) electrons.